The van der Waals surface area contributed by atoms with E-state index in [4.69, 9.17) is 0 Å². The van der Waals surface area contributed by atoms with Crippen LogP contribution in [0.15, 0.2) is 146 Å². The number of benzene rings is 7. The van der Waals surface area contributed by atoms with Crippen LogP contribution in [0.5, 0.6) is 0 Å². The summed E-state index contributed by atoms with van der Waals surface area (Å²) in [4.78, 5) is 8.20. The average molecular weight is 976 g/mol. The van der Waals surface area contributed by atoms with Gasteiger partial charge in [0.25, 0.3) is 6.71 Å². The number of hydrogen-bond donors (Lipinski definition) is 0. The fourth-order valence-electron chi connectivity index (χ4n) is 13.3. The molecule has 73 heavy (non-hydrogen) atoms. The Morgan fingerprint density at radius 3 is 1.68 bits per heavy atom. The van der Waals surface area contributed by atoms with Gasteiger partial charge in [-0.25, -0.2) is 0 Å². The average Bonchev–Trinajstić information content (AvgIpc) is 3.87. The summed E-state index contributed by atoms with van der Waals surface area (Å²) < 4.78 is 1.33. The Hall–Kier alpha value is -6.04. The first-order valence-corrected chi connectivity index (χ1v) is 28.0. The molecule has 1 saturated carbocycles. The van der Waals surface area contributed by atoms with E-state index in [-0.39, 0.29) is 39.3 Å². The normalized spacial score (nSPS) is 19.2. The molecule has 3 aliphatic heterocycles. The highest BCUT2D eigenvalue weighted by molar-refractivity contribution is 7.26. The van der Waals surface area contributed by atoms with Crippen molar-refractivity contribution in [3.63, 3.8) is 0 Å². The van der Waals surface area contributed by atoms with Crippen LogP contribution >= 0.6 is 11.3 Å². The molecule has 2 atom stereocenters. The molecule has 1 aliphatic carbocycles. The summed E-state index contributed by atoms with van der Waals surface area (Å²) in [6.45, 7) is 33.5. The molecule has 0 bridgehead atoms. The molecule has 8 aromatic rings. The molecule has 0 saturated heterocycles. The van der Waals surface area contributed by atoms with Gasteiger partial charge in [0, 0.05) is 44.1 Å². The van der Waals surface area contributed by atoms with E-state index in [0.717, 1.165) is 17.8 Å². The summed E-state index contributed by atoms with van der Waals surface area (Å²) in [5.41, 5.74) is 22.4. The standard InChI is InChI=1S/C68H74BN3S/c1-63(2,3)44-26-31-48(32-27-44)70(49-33-28-45(29-34-49)64(4,5)6)50-41-56-60-57(42-50)72-61-53(67(13)36-20-21-37-68(67,72)14)39-47(66(10,11)12)40-54(61)69(60)59-51-24-18-19-25-58(51)73-62(59)71(56)55-35-30-46(65(7,8)9)38-52(55)43-22-16-15-17-23-43/h15-19,22-35,38-42H,20-21,36-37H2,1-14H3. The smallest absolute Gasteiger partial charge is 0.254 e. The molecule has 2 unspecified atom stereocenters. The summed E-state index contributed by atoms with van der Waals surface area (Å²) in [6.07, 6.45) is 4.79. The van der Waals surface area contributed by atoms with Crippen molar-refractivity contribution >= 4 is 89.3 Å². The summed E-state index contributed by atoms with van der Waals surface area (Å²) in [6, 6.07) is 57.2. The van der Waals surface area contributed by atoms with E-state index in [1.807, 2.05) is 11.3 Å². The van der Waals surface area contributed by atoms with E-state index in [9.17, 15) is 0 Å². The largest absolute Gasteiger partial charge is 0.335 e. The number of hydrogen-bond acceptors (Lipinski definition) is 4. The second kappa shape index (κ2) is 16.2. The van der Waals surface area contributed by atoms with Crippen molar-refractivity contribution in [2.24, 2.45) is 0 Å². The zero-order chi connectivity index (χ0) is 51.4. The van der Waals surface area contributed by atoms with Gasteiger partial charge in [-0.3, -0.25) is 0 Å². The van der Waals surface area contributed by atoms with E-state index in [1.165, 1.54) is 113 Å². The molecule has 0 spiro atoms. The van der Waals surface area contributed by atoms with Gasteiger partial charge in [0.05, 0.1) is 21.9 Å². The molecule has 370 valence electrons. The Balaban J connectivity index is 1.24. The molecule has 1 fully saturated rings. The van der Waals surface area contributed by atoms with Gasteiger partial charge in [0.2, 0.25) is 0 Å². The Kier molecular flexibility index (Phi) is 10.7. The van der Waals surface area contributed by atoms with E-state index in [1.54, 1.807) is 5.56 Å². The van der Waals surface area contributed by atoms with Gasteiger partial charge in [-0.15, -0.1) is 11.3 Å². The summed E-state index contributed by atoms with van der Waals surface area (Å²) in [5, 5.41) is 2.68. The zero-order valence-corrected chi connectivity index (χ0v) is 46.8. The Labute approximate surface area is 441 Å². The van der Waals surface area contributed by atoms with E-state index in [2.05, 4.69) is 257 Å². The fraction of sp³-hybridized carbons (Fsp3) is 0.353. The van der Waals surface area contributed by atoms with Crippen molar-refractivity contribution < 1.29 is 0 Å². The van der Waals surface area contributed by atoms with Gasteiger partial charge in [0.1, 0.15) is 0 Å². The molecule has 0 amide bonds. The molecular weight excluding hydrogens is 902 g/mol. The van der Waals surface area contributed by atoms with Crippen molar-refractivity contribution in [2.45, 2.75) is 155 Å². The molecule has 12 rings (SSSR count). The maximum atomic E-state index is 2.92. The van der Waals surface area contributed by atoms with E-state index >= 15 is 0 Å². The highest BCUT2D eigenvalue weighted by Gasteiger charge is 2.62. The number of fused-ring (bicyclic) bond motifs is 9. The van der Waals surface area contributed by atoms with Gasteiger partial charge in [-0.1, -0.05) is 194 Å². The van der Waals surface area contributed by atoms with Crippen molar-refractivity contribution in [2.75, 3.05) is 14.7 Å². The lowest BCUT2D eigenvalue weighted by Crippen LogP contribution is -2.64. The van der Waals surface area contributed by atoms with Crippen molar-refractivity contribution in [1.29, 1.82) is 0 Å². The summed E-state index contributed by atoms with van der Waals surface area (Å²) in [7, 11) is 0. The van der Waals surface area contributed by atoms with Crippen LogP contribution in [0.4, 0.5) is 44.8 Å². The summed E-state index contributed by atoms with van der Waals surface area (Å²) in [5.74, 6) is 0. The minimum atomic E-state index is -0.144. The van der Waals surface area contributed by atoms with Crippen LogP contribution in [0.2, 0.25) is 0 Å². The quantitative estimate of drug-likeness (QED) is 0.159. The number of nitrogens with zero attached hydrogens (tertiary/aromatic N) is 3. The molecule has 0 radical (unpaired) electrons. The van der Waals surface area contributed by atoms with Gasteiger partial charge in [0.15, 0.2) is 0 Å². The molecule has 7 aromatic carbocycles. The highest BCUT2D eigenvalue weighted by atomic mass is 32.1. The Morgan fingerprint density at radius 1 is 0.507 bits per heavy atom. The van der Waals surface area contributed by atoms with Crippen LogP contribution in [0.3, 0.4) is 0 Å². The van der Waals surface area contributed by atoms with Crippen LogP contribution < -0.4 is 31.1 Å². The Bertz CT molecular complexity index is 3430. The lowest BCUT2D eigenvalue weighted by Gasteiger charge is -2.52. The Morgan fingerprint density at radius 2 is 1.07 bits per heavy atom. The lowest BCUT2D eigenvalue weighted by atomic mass is 9.33. The van der Waals surface area contributed by atoms with Crippen LogP contribution in [0.25, 0.3) is 21.2 Å². The minimum Gasteiger partial charge on any atom is -0.335 e. The van der Waals surface area contributed by atoms with E-state index < -0.39 is 0 Å². The second-order valence-electron chi connectivity index (χ2n) is 26.6. The SMILES string of the molecule is CC(C)(C)c1ccc(N(c2ccc(C(C)(C)C)cc2)c2cc3c4c(c2)N2c5c(cc(C(C)(C)C)cc5C5(C)CCCCC25C)B4c2c(sc4ccccc24)N3c2ccc(C(C)(C)C)cc2-c2ccccc2)cc1. The van der Waals surface area contributed by atoms with Crippen LogP contribution in [-0.4, -0.2) is 12.3 Å². The minimum absolute atomic E-state index is 0.0278. The third-order valence-electron chi connectivity index (χ3n) is 17.8. The van der Waals surface area contributed by atoms with Gasteiger partial charge >= 0.3 is 0 Å². The van der Waals surface area contributed by atoms with Crippen LogP contribution in [-0.2, 0) is 27.1 Å². The third-order valence-corrected chi connectivity index (χ3v) is 19.0. The number of rotatable bonds is 5. The van der Waals surface area contributed by atoms with Crippen molar-refractivity contribution in [3.05, 3.63) is 173 Å². The topological polar surface area (TPSA) is 9.72 Å². The maximum absolute atomic E-state index is 2.92. The molecule has 0 N–H and O–H groups in total. The van der Waals surface area contributed by atoms with Crippen molar-refractivity contribution in [1.82, 2.24) is 0 Å². The lowest BCUT2D eigenvalue weighted by molar-refractivity contribution is 0.195. The molecule has 4 aliphatic rings. The monoisotopic (exact) mass is 976 g/mol. The van der Waals surface area contributed by atoms with Crippen LogP contribution in [0, 0.1) is 0 Å². The maximum Gasteiger partial charge on any atom is 0.254 e. The van der Waals surface area contributed by atoms with E-state index in [0.29, 0.717) is 0 Å². The van der Waals surface area contributed by atoms with Gasteiger partial charge in [-0.05, 0) is 151 Å². The number of anilines is 8. The fourth-order valence-corrected chi connectivity index (χ4v) is 14.6. The zero-order valence-electron chi connectivity index (χ0n) is 46.0. The first-order chi connectivity index (χ1) is 34.5. The molecule has 5 heteroatoms. The molecule has 3 nitrogen and oxygen atoms in total. The molecular formula is C68H74BN3S. The third kappa shape index (κ3) is 7.32. The summed E-state index contributed by atoms with van der Waals surface area (Å²) >= 11 is 1.97. The predicted octanol–water partition coefficient (Wildman–Crippen LogP) is 17.6. The first-order valence-electron chi connectivity index (χ1n) is 27.2. The predicted molar refractivity (Wildman–Crippen MR) is 319 cm³/mol. The first kappa shape index (κ1) is 47.9. The van der Waals surface area contributed by atoms with Crippen molar-refractivity contribution in [3.8, 4) is 11.1 Å². The second-order valence-corrected chi connectivity index (χ2v) is 27.7. The van der Waals surface area contributed by atoms with Gasteiger partial charge < -0.3 is 14.7 Å². The van der Waals surface area contributed by atoms with Gasteiger partial charge in [-0.2, -0.15) is 0 Å². The molecule has 4 heterocycles. The highest BCUT2D eigenvalue weighted by Crippen LogP contribution is 2.63. The number of thiophene rings is 1. The van der Waals surface area contributed by atoms with Crippen LogP contribution in [0.1, 0.15) is 150 Å². The molecule has 1 aromatic heterocycles.